The SMILES string of the molecule is CC.COC(=O)c1cc(F)c(NCC(=O)O)cc1C. The summed E-state index contributed by atoms with van der Waals surface area (Å²) in [7, 11) is 1.20. The molecular weight excluding hydrogens is 253 g/mol. The van der Waals surface area contributed by atoms with Crippen LogP contribution in [0.4, 0.5) is 10.1 Å². The smallest absolute Gasteiger partial charge is 0.338 e. The van der Waals surface area contributed by atoms with E-state index < -0.39 is 24.3 Å². The van der Waals surface area contributed by atoms with E-state index in [0.717, 1.165) is 6.07 Å². The van der Waals surface area contributed by atoms with Crippen LogP contribution in [0, 0.1) is 12.7 Å². The monoisotopic (exact) mass is 271 g/mol. The summed E-state index contributed by atoms with van der Waals surface area (Å²) in [6.07, 6.45) is 0. The van der Waals surface area contributed by atoms with Crippen LogP contribution in [0.5, 0.6) is 0 Å². The summed E-state index contributed by atoms with van der Waals surface area (Å²) in [5.41, 5.74) is 0.662. The zero-order valence-electron chi connectivity index (χ0n) is 11.4. The fourth-order valence-corrected chi connectivity index (χ4v) is 1.32. The molecule has 0 bridgehead atoms. The molecule has 0 amide bonds. The molecule has 2 N–H and O–H groups in total. The molecule has 1 aromatic carbocycles. The standard InChI is InChI=1S/C11H12FNO4.C2H6/c1-6-3-9(13-5-10(14)15)8(12)4-7(6)11(16)17-2;1-2/h3-4,13H,5H2,1-2H3,(H,14,15);1-2H3. The van der Waals surface area contributed by atoms with Crippen molar-refractivity contribution in [3.8, 4) is 0 Å². The van der Waals surface area contributed by atoms with E-state index in [1.165, 1.54) is 13.2 Å². The number of rotatable bonds is 4. The number of ether oxygens (including phenoxy) is 1. The molecule has 0 fully saturated rings. The number of nitrogens with one attached hydrogen (secondary N) is 1. The van der Waals surface area contributed by atoms with Gasteiger partial charge in [0.05, 0.1) is 18.4 Å². The van der Waals surface area contributed by atoms with E-state index >= 15 is 0 Å². The number of carboxylic acids is 1. The molecule has 0 spiro atoms. The highest BCUT2D eigenvalue weighted by Crippen LogP contribution is 2.20. The summed E-state index contributed by atoms with van der Waals surface area (Å²) < 4.78 is 18.0. The Morgan fingerprint density at radius 1 is 1.37 bits per heavy atom. The molecule has 0 aromatic heterocycles. The van der Waals surface area contributed by atoms with Crippen molar-refractivity contribution in [3.63, 3.8) is 0 Å². The zero-order chi connectivity index (χ0) is 15.0. The fraction of sp³-hybridized carbons (Fsp3) is 0.385. The van der Waals surface area contributed by atoms with Gasteiger partial charge >= 0.3 is 11.9 Å². The Kier molecular flexibility index (Phi) is 7.18. The van der Waals surface area contributed by atoms with Crippen molar-refractivity contribution in [1.29, 1.82) is 0 Å². The summed E-state index contributed by atoms with van der Waals surface area (Å²) in [6.45, 7) is 5.21. The average molecular weight is 271 g/mol. The number of aryl methyl sites for hydroxylation is 1. The van der Waals surface area contributed by atoms with Crippen LogP contribution in [-0.4, -0.2) is 30.7 Å². The van der Waals surface area contributed by atoms with Crippen LogP contribution < -0.4 is 5.32 Å². The van der Waals surface area contributed by atoms with Crippen molar-refractivity contribution >= 4 is 17.6 Å². The molecule has 0 saturated heterocycles. The predicted octanol–water partition coefficient (Wildman–Crippen LogP) is 2.44. The van der Waals surface area contributed by atoms with Crippen molar-refractivity contribution in [1.82, 2.24) is 0 Å². The Morgan fingerprint density at radius 2 is 1.95 bits per heavy atom. The van der Waals surface area contributed by atoms with Gasteiger partial charge < -0.3 is 15.2 Å². The molecule has 5 nitrogen and oxygen atoms in total. The topological polar surface area (TPSA) is 75.6 Å². The highest BCUT2D eigenvalue weighted by Gasteiger charge is 2.14. The molecule has 0 aliphatic carbocycles. The number of aliphatic carboxylic acids is 1. The lowest BCUT2D eigenvalue weighted by Gasteiger charge is -2.09. The third kappa shape index (κ3) is 4.95. The second kappa shape index (κ2) is 8.07. The first-order valence-electron chi connectivity index (χ1n) is 5.80. The zero-order valence-corrected chi connectivity index (χ0v) is 11.4. The van der Waals surface area contributed by atoms with E-state index in [4.69, 9.17) is 5.11 Å². The number of methoxy groups -OCH3 is 1. The van der Waals surface area contributed by atoms with E-state index in [9.17, 15) is 14.0 Å². The maximum absolute atomic E-state index is 13.5. The third-order valence-electron chi connectivity index (χ3n) is 2.15. The van der Waals surface area contributed by atoms with E-state index in [2.05, 4.69) is 10.1 Å². The third-order valence-corrected chi connectivity index (χ3v) is 2.15. The van der Waals surface area contributed by atoms with Gasteiger partial charge in [-0.05, 0) is 24.6 Å². The first-order valence-corrected chi connectivity index (χ1v) is 5.80. The van der Waals surface area contributed by atoms with Crippen LogP contribution in [0.15, 0.2) is 12.1 Å². The molecule has 6 heteroatoms. The van der Waals surface area contributed by atoms with Gasteiger partial charge in [0.25, 0.3) is 0 Å². The Hall–Kier alpha value is -2.11. The molecule has 0 aliphatic heterocycles. The number of hydrogen-bond donors (Lipinski definition) is 2. The molecule has 0 saturated carbocycles. The molecular formula is C13H18FNO4. The highest BCUT2D eigenvalue weighted by atomic mass is 19.1. The molecule has 106 valence electrons. The van der Waals surface area contributed by atoms with Crippen molar-refractivity contribution < 1.29 is 23.8 Å². The van der Waals surface area contributed by atoms with Gasteiger partial charge in [-0.1, -0.05) is 13.8 Å². The largest absolute Gasteiger partial charge is 0.480 e. The summed E-state index contributed by atoms with van der Waals surface area (Å²) in [6, 6.07) is 2.38. The first-order chi connectivity index (χ1) is 8.95. The van der Waals surface area contributed by atoms with Gasteiger partial charge in [-0.2, -0.15) is 0 Å². The van der Waals surface area contributed by atoms with E-state index in [-0.39, 0.29) is 11.3 Å². The van der Waals surface area contributed by atoms with Crippen molar-refractivity contribution in [2.24, 2.45) is 0 Å². The Labute approximate surface area is 111 Å². The van der Waals surface area contributed by atoms with Crippen LogP contribution in [0.25, 0.3) is 0 Å². The Morgan fingerprint density at radius 3 is 2.42 bits per heavy atom. The van der Waals surface area contributed by atoms with Crippen LogP contribution in [-0.2, 0) is 9.53 Å². The summed E-state index contributed by atoms with van der Waals surface area (Å²) >= 11 is 0. The van der Waals surface area contributed by atoms with Crippen LogP contribution >= 0.6 is 0 Å². The molecule has 0 atom stereocenters. The molecule has 1 aromatic rings. The van der Waals surface area contributed by atoms with Gasteiger partial charge in [0, 0.05) is 0 Å². The molecule has 0 aliphatic rings. The lowest BCUT2D eigenvalue weighted by atomic mass is 10.1. The second-order valence-corrected chi connectivity index (χ2v) is 3.39. The van der Waals surface area contributed by atoms with Crippen molar-refractivity contribution in [2.75, 3.05) is 19.0 Å². The molecule has 1 rings (SSSR count). The molecule has 0 radical (unpaired) electrons. The second-order valence-electron chi connectivity index (χ2n) is 3.39. The van der Waals surface area contributed by atoms with E-state index in [0.29, 0.717) is 5.56 Å². The number of anilines is 1. The number of carbonyl (C=O) groups is 2. The number of halogens is 1. The highest BCUT2D eigenvalue weighted by molar-refractivity contribution is 5.91. The van der Waals surface area contributed by atoms with Gasteiger partial charge in [-0.3, -0.25) is 4.79 Å². The van der Waals surface area contributed by atoms with Crippen molar-refractivity contribution in [3.05, 3.63) is 29.1 Å². The first kappa shape index (κ1) is 16.9. The van der Waals surface area contributed by atoms with Gasteiger partial charge in [-0.15, -0.1) is 0 Å². The Bertz CT molecular complexity index is 460. The van der Waals surface area contributed by atoms with Gasteiger partial charge in [-0.25, -0.2) is 9.18 Å². The predicted molar refractivity (Wildman–Crippen MR) is 70.0 cm³/mol. The number of hydrogen-bond acceptors (Lipinski definition) is 4. The van der Waals surface area contributed by atoms with E-state index in [1.54, 1.807) is 6.92 Å². The van der Waals surface area contributed by atoms with Gasteiger partial charge in [0.1, 0.15) is 12.4 Å². The maximum atomic E-state index is 13.5. The fourth-order valence-electron chi connectivity index (χ4n) is 1.32. The van der Waals surface area contributed by atoms with E-state index in [1.807, 2.05) is 13.8 Å². The minimum Gasteiger partial charge on any atom is -0.480 e. The maximum Gasteiger partial charge on any atom is 0.338 e. The number of carbonyl (C=O) groups excluding carboxylic acids is 1. The Balaban J connectivity index is 0.00000154. The summed E-state index contributed by atoms with van der Waals surface area (Å²) in [4.78, 5) is 21.6. The molecule has 0 heterocycles. The lowest BCUT2D eigenvalue weighted by Crippen LogP contribution is -2.14. The van der Waals surface area contributed by atoms with Crippen LogP contribution in [0.1, 0.15) is 29.8 Å². The van der Waals surface area contributed by atoms with Crippen molar-refractivity contribution in [2.45, 2.75) is 20.8 Å². The lowest BCUT2D eigenvalue weighted by molar-refractivity contribution is -0.134. The molecule has 0 unspecified atom stereocenters. The van der Waals surface area contributed by atoms with Crippen LogP contribution in [0.2, 0.25) is 0 Å². The van der Waals surface area contributed by atoms with Crippen LogP contribution in [0.3, 0.4) is 0 Å². The number of carboxylic acid groups (broad SMARTS) is 1. The van der Waals surface area contributed by atoms with Gasteiger partial charge in [0.2, 0.25) is 0 Å². The quantitative estimate of drug-likeness (QED) is 0.823. The minimum atomic E-state index is -1.10. The summed E-state index contributed by atoms with van der Waals surface area (Å²) in [5, 5.41) is 10.9. The summed E-state index contributed by atoms with van der Waals surface area (Å²) in [5.74, 6) is -2.43. The number of benzene rings is 1. The minimum absolute atomic E-state index is 0.0394. The van der Waals surface area contributed by atoms with Gasteiger partial charge in [0.15, 0.2) is 0 Å². The molecule has 19 heavy (non-hydrogen) atoms. The number of esters is 1. The normalized spacial score (nSPS) is 9.11. The average Bonchev–Trinajstić information content (AvgIpc) is 2.40.